The Balaban J connectivity index is 1.62. The summed E-state index contributed by atoms with van der Waals surface area (Å²) in [6.45, 7) is 0. The first-order valence-corrected chi connectivity index (χ1v) is 6.76. The second kappa shape index (κ2) is 4.61. The van der Waals surface area contributed by atoms with Crippen molar-refractivity contribution in [1.82, 2.24) is 15.2 Å². The van der Waals surface area contributed by atoms with E-state index >= 15 is 0 Å². The lowest BCUT2D eigenvalue weighted by Gasteiger charge is -1.99. The number of nitrogens with one attached hydrogen (secondary N) is 1. The van der Waals surface area contributed by atoms with Gasteiger partial charge in [-0.05, 0) is 37.0 Å². The number of H-pyrrole nitrogens is 1. The van der Waals surface area contributed by atoms with Gasteiger partial charge < -0.3 is 0 Å². The molecule has 4 heteroatoms. The lowest BCUT2D eigenvalue weighted by molar-refractivity contribution is 0.864. The molecule has 1 aliphatic carbocycles. The molecule has 1 fully saturated rings. The smallest absolute Gasteiger partial charge is 0.153 e. The third-order valence-electron chi connectivity index (χ3n) is 3.03. The molecule has 1 aromatic heterocycles. The summed E-state index contributed by atoms with van der Waals surface area (Å²) in [6.07, 6.45) is 4.43. The number of aromatic nitrogens is 3. The van der Waals surface area contributed by atoms with E-state index < -0.39 is 0 Å². The molecule has 2 aromatic rings. The van der Waals surface area contributed by atoms with Crippen LogP contribution in [0, 0.1) is 0 Å². The summed E-state index contributed by atoms with van der Waals surface area (Å²) in [5.74, 6) is 2.65. The van der Waals surface area contributed by atoms with Crippen molar-refractivity contribution in [3.05, 3.63) is 46.0 Å². The molecule has 3 nitrogen and oxygen atoms in total. The first-order valence-electron chi connectivity index (χ1n) is 5.97. The predicted molar refractivity (Wildman–Crippen MR) is 69.9 cm³/mol. The zero-order valence-corrected chi connectivity index (χ0v) is 11.1. The van der Waals surface area contributed by atoms with Crippen molar-refractivity contribution in [3.63, 3.8) is 0 Å². The maximum Gasteiger partial charge on any atom is 0.153 e. The van der Waals surface area contributed by atoms with E-state index in [4.69, 9.17) is 0 Å². The number of benzene rings is 1. The van der Waals surface area contributed by atoms with Crippen LogP contribution in [0.4, 0.5) is 0 Å². The quantitative estimate of drug-likeness (QED) is 0.940. The van der Waals surface area contributed by atoms with E-state index in [0.717, 1.165) is 29.0 Å². The van der Waals surface area contributed by atoms with Crippen LogP contribution in [0.25, 0.3) is 0 Å². The van der Waals surface area contributed by atoms with E-state index in [0.29, 0.717) is 5.92 Å². The number of rotatable bonds is 4. The molecule has 0 spiro atoms. The Morgan fingerprint density at radius 1 is 1.29 bits per heavy atom. The molecule has 17 heavy (non-hydrogen) atoms. The van der Waals surface area contributed by atoms with Crippen LogP contribution in [0.5, 0.6) is 0 Å². The monoisotopic (exact) mass is 291 g/mol. The van der Waals surface area contributed by atoms with E-state index in [1.54, 1.807) is 0 Å². The van der Waals surface area contributed by atoms with Gasteiger partial charge in [-0.2, -0.15) is 5.10 Å². The van der Waals surface area contributed by atoms with E-state index in [1.807, 2.05) is 6.07 Å². The van der Waals surface area contributed by atoms with Crippen molar-refractivity contribution in [1.29, 1.82) is 0 Å². The molecule has 1 N–H and O–H groups in total. The first-order chi connectivity index (χ1) is 8.31. The molecule has 1 aromatic carbocycles. The third-order valence-corrected chi connectivity index (χ3v) is 3.52. The predicted octanol–water partition coefficient (Wildman–Crippen LogP) is 3.23. The van der Waals surface area contributed by atoms with Crippen molar-refractivity contribution in [3.8, 4) is 0 Å². The second-order valence-electron chi connectivity index (χ2n) is 4.54. The van der Waals surface area contributed by atoms with E-state index in [2.05, 4.69) is 49.3 Å². The van der Waals surface area contributed by atoms with Crippen molar-refractivity contribution in [2.45, 2.75) is 31.6 Å². The Kier molecular flexibility index (Phi) is 2.97. The van der Waals surface area contributed by atoms with Crippen molar-refractivity contribution in [2.24, 2.45) is 0 Å². The fourth-order valence-electron chi connectivity index (χ4n) is 1.90. The molecule has 1 saturated carbocycles. The number of hydrogen-bond donors (Lipinski definition) is 1. The van der Waals surface area contributed by atoms with E-state index in [1.165, 1.54) is 18.4 Å². The standard InChI is InChI=1S/C13H14BrN3/c14-11-3-1-2-9(8-11)4-7-12-15-13(17-16-12)10-5-6-10/h1-3,8,10H,4-7H2,(H,15,16,17). The van der Waals surface area contributed by atoms with Crippen LogP contribution in [0.1, 0.15) is 36.0 Å². The summed E-state index contributed by atoms with van der Waals surface area (Å²) in [6, 6.07) is 8.40. The molecule has 1 heterocycles. The highest BCUT2D eigenvalue weighted by molar-refractivity contribution is 9.10. The maximum absolute atomic E-state index is 4.53. The summed E-state index contributed by atoms with van der Waals surface area (Å²) in [5, 5.41) is 7.30. The highest BCUT2D eigenvalue weighted by Crippen LogP contribution is 2.37. The zero-order valence-electron chi connectivity index (χ0n) is 9.49. The normalized spacial score (nSPS) is 15.1. The molecule has 0 saturated heterocycles. The van der Waals surface area contributed by atoms with Crippen LogP contribution >= 0.6 is 15.9 Å². The van der Waals surface area contributed by atoms with Gasteiger partial charge in [0.1, 0.15) is 5.82 Å². The molecule has 0 amide bonds. The van der Waals surface area contributed by atoms with Crippen LogP contribution < -0.4 is 0 Å². The maximum atomic E-state index is 4.53. The van der Waals surface area contributed by atoms with Gasteiger partial charge in [0.05, 0.1) is 0 Å². The van der Waals surface area contributed by atoms with Gasteiger partial charge in [0, 0.05) is 16.8 Å². The molecule has 0 unspecified atom stereocenters. The van der Waals surface area contributed by atoms with E-state index in [-0.39, 0.29) is 0 Å². The highest BCUT2D eigenvalue weighted by atomic mass is 79.9. The molecule has 0 radical (unpaired) electrons. The Hall–Kier alpha value is -1.16. The Morgan fingerprint density at radius 3 is 2.94 bits per heavy atom. The number of nitrogens with zero attached hydrogens (tertiary/aromatic N) is 2. The Bertz CT molecular complexity index is 517. The molecule has 3 rings (SSSR count). The number of halogens is 1. The zero-order chi connectivity index (χ0) is 11.7. The molecular formula is C13H14BrN3. The minimum Gasteiger partial charge on any atom is -0.263 e. The average Bonchev–Trinajstić information content (AvgIpc) is 3.07. The number of aryl methyl sites for hydroxylation is 2. The average molecular weight is 292 g/mol. The van der Waals surface area contributed by atoms with Gasteiger partial charge in [-0.1, -0.05) is 28.1 Å². The fourth-order valence-corrected chi connectivity index (χ4v) is 2.35. The fraction of sp³-hybridized carbons (Fsp3) is 0.385. The molecule has 1 aliphatic rings. The lowest BCUT2D eigenvalue weighted by atomic mass is 10.1. The second-order valence-corrected chi connectivity index (χ2v) is 5.46. The van der Waals surface area contributed by atoms with Gasteiger partial charge in [-0.25, -0.2) is 4.98 Å². The van der Waals surface area contributed by atoms with Gasteiger partial charge in [0.25, 0.3) is 0 Å². The Labute approximate surface area is 109 Å². The van der Waals surface area contributed by atoms with Crippen molar-refractivity contribution >= 4 is 15.9 Å². The lowest BCUT2D eigenvalue weighted by Crippen LogP contribution is -1.93. The van der Waals surface area contributed by atoms with Crippen LogP contribution in [0.3, 0.4) is 0 Å². The third kappa shape index (κ3) is 2.75. The van der Waals surface area contributed by atoms with Crippen molar-refractivity contribution in [2.75, 3.05) is 0 Å². The molecule has 88 valence electrons. The van der Waals surface area contributed by atoms with E-state index in [9.17, 15) is 0 Å². The van der Waals surface area contributed by atoms with Crippen LogP contribution in [-0.2, 0) is 12.8 Å². The summed E-state index contributed by atoms with van der Waals surface area (Å²) in [5.41, 5.74) is 1.32. The van der Waals surface area contributed by atoms with Crippen LogP contribution in [-0.4, -0.2) is 15.2 Å². The van der Waals surface area contributed by atoms with Gasteiger partial charge in [0.2, 0.25) is 0 Å². The molecule has 0 bridgehead atoms. The molecular weight excluding hydrogens is 278 g/mol. The topological polar surface area (TPSA) is 41.6 Å². The number of hydrogen-bond acceptors (Lipinski definition) is 2. The minimum atomic E-state index is 0.630. The summed E-state index contributed by atoms with van der Waals surface area (Å²) in [4.78, 5) is 4.53. The first kappa shape index (κ1) is 11.0. The van der Waals surface area contributed by atoms with Gasteiger partial charge in [0.15, 0.2) is 5.82 Å². The van der Waals surface area contributed by atoms with Crippen molar-refractivity contribution < 1.29 is 0 Å². The largest absolute Gasteiger partial charge is 0.263 e. The molecule has 0 aliphatic heterocycles. The highest BCUT2D eigenvalue weighted by Gasteiger charge is 2.27. The SMILES string of the molecule is Brc1cccc(CCc2nc(C3CC3)n[nH]2)c1. The number of aromatic amines is 1. The summed E-state index contributed by atoms with van der Waals surface area (Å²) in [7, 11) is 0. The summed E-state index contributed by atoms with van der Waals surface area (Å²) >= 11 is 3.48. The van der Waals surface area contributed by atoms with Gasteiger partial charge >= 0.3 is 0 Å². The van der Waals surface area contributed by atoms with Gasteiger partial charge in [-0.15, -0.1) is 0 Å². The van der Waals surface area contributed by atoms with Gasteiger partial charge in [-0.3, -0.25) is 5.10 Å². The summed E-state index contributed by atoms with van der Waals surface area (Å²) < 4.78 is 1.13. The Morgan fingerprint density at radius 2 is 2.18 bits per heavy atom. The minimum absolute atomic E-state index is 0.630. The molecule has 0 atom stereocenters. The van der Waals surface area contributed by atoms with Crippen LogP contribution in [0.2, 0.25) is 0 Å². The van der Waals surface area contributed by atoms with Crippen LogP contribution in [0.15, 0.2) is 28.7 Å².